The highest BCUT2D eigenvalue weighted by Crippen LogP contribution is 2.15. The fraction of sp³-hybridized carbons (Fsp3) is 0.235. The van der Waals surface area contributed by atoms with Crippen LogP contribution in [0.25, 0.3) is 0 Å². The maximum absolute atomic E-state index is 13.6. The highest BCUT2D eigenvalue weighted by atomic mass is 19.1. The van der Waals surface area contributed by atoms with Gasteiger partial charge in [0.2, 0.25) is 0 Å². The number of hydrogen-bond donors (Lipinski definition) is 0. The summed E-state index contributed by atoms with van der Waals surface area (Å²) in [5, 5.41) is 0. The molecular weight excluding hydrogens is 253 g/mol. The second-order valence-corrected chi connectivity index (χ2v) is 4.78. The molecule has 0 N–H and O–H groups in total. The van der Waals surface area contributed by atoms with Gasteiger partial charge in [0, 0.05) is 12.7 Å². The number of nitrogens with zero attached hydrogens (tertiary/aromatic N) is 1. The van der Waals surface area contributed by atoms with Gasteiger partial charge in [0.15, 0.2) is 5.78 Å². The van der Waals surface area contributed by atoms with E-state index in [0.717, 1.165) is 12.1 Å². The van der Waals surface area contributed by atoms with E-state index in [-0.39, 0.29) is 17.9 Å². The van der Waals surface area contributed by atoms with Crippen LogP contribution in [0, 0.1) is 5.82 Å². The van der Waals surface area contributed by atoms with Gasteiger partial charge in [-0.25, -0.2) is 4.39 Å². The maximum atomic E-state index is 13.6. The number of Topliss-reactive ketones (excluding diaryl/α,β-unsaturated/α-hetero) is 1. The molecule has 104 valence electrons. The molecule has 2 nitrogen and oxygen atoms in total. The Morgan fingerprint density at radius 2 is 1.75 bits per heavy atom. The molecule has 0 saturated heterocycles. The van der Waals surface area contributed by atoms with Gasteiger partial charge in [0.05, 0.1) is 12.1 Å². The number of likely N-dealkylation sites (N-methyl/N-ethyl adjacent to an activating group) is 1. The number of carbonyl (C=O) groups excluding carboxylic acids is 1. The summed E-state index contributed by atoms with van der Waals surface area (Å²) < 4.78 is 13.6. The zero-order chi connectivity index (χ0) is 14.5. The van der Waals surface area contributed by atoms with Gasteiger partial charge in [-0.05, 0) is 36.2 Å². The fourth-order valence-corrected chi connectivity index (χ4v) is 2.07. The Kier molecular flexibility index (Phi) is 4.51. The Morgan fingerprint density at radius 3 is 2.35 bits per heavy atom. The Balaban J connectivity index is 2.09. The highest BCUT2D eigenvalue weighted by molar-refractivity contribution is 5.99. The Labute approximate surface area is 118 Å². The van der Waals surface area contributed by atoms with E-state index in [1.165, 1.54) is 17.7 Å². The molecule has 0 aliphatic heterocycles. The number of benzene rings is 2. The average molecular weight is 271 g/mol. The predicted molar refractivity (Wildman–Crippen MR) is 79.8 cm³/mol. The van der Waals surface area contributed by atoms with Gasteiger partial charge in [-0.3, -0.25) is 4.79 Å². The van der Waals surface area contributed by atoms with E-state index in [4.69, 9.17) is 0 Å². The smallest absolute Gasteiger partial charge is 0.185 e. The first kappa shape index (κ1) is 14.3. The van der Waals surface area contributed by atoms with Crippen molar-refractivity contribution in [1.29, 1.82) is 0 Å². The van der Waals surface area contributed by atoms with Gasteiger partial charge in [-0.2, -0.15) is 0 Å². The lowest BCUT2D eigenvalue weighted by molar-refractivity contribution is 0.0996. The predicted octanol–water partition coefficient (Wildman–Crippen LogP) is 3.71. The van der Waals surface area contributed by atoms with Gasteiger partial charge in [-0.1, -0.05) is 31.2 Å². The van der Waals surface area contributed by atoms with Crippen LogP contribution in [-0.4, -0.2) is 19.4 Å². The number of anilines is 1. The summed E-state index contributed by atoms with van der Waals surface area (Å²) in [5.74, 6) is -0.683. The SMILES string of the molecule is CCc1ccc(N(C)CC(=O)c2ccccc2F)cc1. The minimum Gasteiger partial charge on any atom is -0.367 e. The van der Waals surface area contributed by atoms with E-state index in [0.29, 0.717) is 0 Å². The van der Waals surface area contributed by atoms with Crippen LogP contribution in [0.5, 0.6) is 0 Å². The molecule has 0 spiro atoms. The molecule has 0 fully saturated rings. The summed E-state index contributed by atoms with van der Waals surface area (Å²) in [6.45, 7) is 2.26. The van der Waals surface area contributed by atoms with Crippen molar-refractivity contribution in [3.63, 3.8) is 0 Å². The summed E-state index contributed by atoms with van der Waals surface area (Å²) in [6, 6.07) is 14.1. The molecule has 0 unspecified atom stereocenters. The van der Waals surface area contributed by atoms with Crippen molar-refractivity contribution in [2.24, 2.45) is 0 Å². The summed E-state index contributed by atoms with van der Waals surface area (Å²) in [5.41, 5.74) is 2.35. The Bertz CT molecular complexity index is 592. The second kappa shape index (κ2) is 6.33. The van der Waals surface area contributed by atoms with Crippen molar-refractivity contribution in [2.45, 2.75) is 13.3 Å². The summed E-state index contributed by atoms with van der Waals surface area (Å²) in [7, 11) is 1.83. The molecule has 0 saturated carbocycles. The van der Waals surface area contributed by atoms with E-state index < -0.39 is 5.82 Å². The molecule has 0 aromatic heterocycles. The molecule has 0 aliphatic rings. The summed E-state index contributed by atoms with van der Waals surface area (Å²) >= 11 is 0. The van der Waals surface area contributed by atoms with Crippen LogP contribution in [0.1, 0.15) is 22.8 Å². The zero-order valence-electron chi connectivity index (χ0n) is 11.8. The van der Waals surface area contributed by atoms with Gasteiger partial charge in [0.25, 0.3) is 0 Å². The third kappa shape index (κ3) is 3.23. The number of hydrogen-bond acceptors (Lipinski definition) is 2. The molecule has 2 aromatic rings. The molecule has 0 heterocycles. The largest absolute Gasteiger partial charge is 0.367 e. The van der Waals surface area contributed by atoms with E-state index in [2.05, 4.69) is 6.92 Å². The number of halogens is 1. The van der Waals surface area contributed by atoms with Crippen LogP contribution in [-0.2, 0) is 6.42 Å². The third-order valence-corrected chi connectivity index (χ3v) is 3.34. The normalized spacial score (nSPS) is 10.3. The Morgan fingerprint density at radius 1 is 1.10 bits per heavy atom. The van der Waals surface area contributed by atoms with Gasteiger partial charge in [0.1, 0.15) is 5.82 Å². The van der Waals surface area contributed by atoms with E-state index in [9.17, 15) is 9.18 Å². The van der Waals surface area contributed by atoms with Gasteiger partial charge >= 0.3 is 0 Å². The van der Waals surface area contributed by atoms with Crippen LogP contribution in [0.4, 0.5) is 10.1 Å². The van der Waals surface area contributed by atoms with E-state index in [1.807, 2.05) is 36.2 Å². The van der Waals surface area contributed by atoms with Crippen molar-refractivity contribution in [1.82, 2.24) is 0 Å². The molecule has 2 aromatic carbocycles. The van der Waals surface area contributed by atoms with Crippen molar-refractivity contribution in [3.8, 4) is 0 Å². The van der Waals surface area contributed by atoms with Crippen LogP contribution >= 0.6 is 0 Å². The number of ketones is 1. The van der Waals surface area contributed by atoms with Crippen LogP contribution < -0.4 is 4.90 Å². The van der Waals surface area contributed by atoms with Crippen LogP contribution in [0.3, 0.4) is 0 Å². The van der Waals surface area contributed by atoms with Crippen LogP contribution in [0.2, 0.25) is 0 Å². The first-order valence-corrected chi connectivity index (χ1v) is 6.69. The molecule has 0 bridgehead atoms. The topological polar surface area (TPSA) is 20.3 Å². The first-order valence-electron chi connectivity index (χ1n) is 6.69. The quantitative estimate of drug-likeness (QED) is 0.773. The zero-order valence-corrected chi connectivity index (χ0v) is 11.8. The van der Waals surface area contributed by atoms with E-state index >= 15 is 0 Å². The second-order valence-electron chi connectivity index (χ2n) is 4.78. The maximum Gasteiger partial charge on any atom is 0.185 e. The van der Waals surface area contributed by atoms with Crippen LogP contribution in [0.15, 0.2) is 48.5 Å². The molecule has 0 radical (unpaired) electrons. The van der Waals surface area contributed by atoms with Gasteiger partial charge in [-0.15, -0.1) is 0 Å². The molecular formula is C17H18FNO. The van der Waals surface area contributed by atoms with Crippen molar-refractivity contribution in [2.75, 3.05) is 18.5 Å². The number of aryl methyl sites for hydroxylation is 1. The first-order chi connectivity index (χ1) is 9.61. The lowest BCUT2D eigenvalue weighted by Crippen LogP contribution is -2.26. The lowest BCUT2D eigenvalue weighted by atomic mass is 10.1. The highest BCUT2D eigenvalue weighted by Gasteiger charge is 2.13. The molecule has 0 amide bonds. The molecule has 3 heteroatoms. The van der Waals surface area contributed by atoms with Crippen molar-refractivity contribution in [3.05, 3.63) is 65.5 Å². The minimum absolute atomic E-state index is 0.143. The molecule has 20 heavy (non-hydrogen) atoms. The lowest BCUT2D eigenvalue weighted by Gasteiger charge is -2.19. The van der Waals surface area contributed by atoms with Gasteiger partial charge < -0.3 is 4.90 Å². The number of rotatable bonds is 5. The van der Waals surface area contributed by atoms with Crippen molar-refractivity contribution < 1.29 is 9.18 Å². The minimum atomic E-state index is -0.466. The van der Waals surface area contributed by atoms with E-state index in [1.54, 1.807) is 12.1 Å². The number of carbonyl (C=O) groups is 1. The third-order valence-electron chi connectivity index (χ3n) is 3.34. The summed E-state index contributed by atoms with van der Waals surface area (Å²) in [4.78, 5) is 13.9. The molecule has 2 rings (SSSR count). The summed E-state index contributed by atoms with van der Waals surface area (Å²) in [6.07, 6.45) is 0.984. The molecule has 0 aliphatic carbocycles. The molecule has 0 atom stereocenters. The van der Waals surface area contributed by atoms with Crippen molar-refractivity contribution >= 4 is 11.5 Å². The standard InChI is InChI=1S/C17H18FNO/c1-3-13-8-10-14(11-9-13)19(2)12-17(20)15-6-4-5-7-16(15)18/h4-11H,3,12H2,1-2H3. The Hall–Kier alpha value is -2.16. The fourth-order valence-electron chi connectivity index (χ4n) is 2.07. The average Bonchev–Trinajstić information content (AvgIpc) is 2.47. The monoisotopic (exact) mass is 271 g/mol.